The van der Waals surface area contributed by atoms with Gasteiger partial charge in [0.15, 0.2) is 0 Å². The van der Waals surface area contributed by atoms with Crippen LogP contribution in [0, 0.1) is 0 Å². The largest absolute Gasteiger partial charge is 0.418 e. The fraction of sp³-hybridized carbons (Fsp3) is 0.235. The van der Waals surface area contributed by atoms with Gasteiger partial charge in [0.05, 0.1) is 22.4 Å². The van der Waals surface area contributed by atoms with E-state index in [-0.39, 0.29) is 17.0 Å². The molecule has 2 heterocycles. The fourth-order valence-electron chi connectivity index (χ4n) is 2.86. The highest BCUT2D eigenvalue weighted by Crippen LogP contribution is 2.36. The molecule has 3 rings (SSSR count). The van der Waals surface area contributed by atoms with E-state index in [4.69, 9.17) is 5.73 Å². The molecule has 0 saturated heterocycles. The second-order valence-corrected chi connectivity index (χ2v) is 6.20. The zero-order valence-electron chi connectivity index (χ0n) is 13.8. The number of hydrogen-bond donors (Lipinski definition) is 2. The van der Waals surface area contributed by atoms with Crippen molar-refractivity contribution in [3.63, 3.8) is 0 Å². The number of nitrogens with one attached hydrogen (secondary N) is 1. The monoisotopic (exact) mass is 365 g/mol. The predicted octanol–water partition coefficient (Wildman–Crippen LogP) is 2.45. The smallest absolute Gasteiger partial charge is 0.384 e. The quantitative estimate of drug-likeness (QED) is 0.800. The Morgan fingerprint density at radius 1 is 1.08 bits per heavy atom. The van der Waals surface area contributed by atoms with Gasteiger partial charge in [-0.25, -0.2) is 0 Å². The number of pyridine rings is 1. The van der Waals surface area contributed by atoms with Crippen molar-refractivity contribution in [2.45, 2.75) is 25.9 Å². The van der Waals surface area contributed by atoms with Gasteiger partial charge in [-0.15, -0.1) is 0 Å². The third kappa shape index (κ3) is 2.65. The Kier molecular flexibility index (Phi) is 3.90. The van der Waals surface area contributed by atoms with Crippen LogP contribution in [0.5, 0.6) is 0 Å². The van der Waals surface area contributed by atoms with E-state index in [2.05, 4.69) is 0 Å². The summed E-state index contributed by atoms with van der Waals surface area (Å²) in [6.07, 6.45) is -4.75. The van der Waals surface area contributed by atoms with Crippen molar-refractivity contribution >= 4 is 17.6 Å². The maximum Gasteiger partial charge on any atom is 0.418 e. The van der Waals surface area contributed by atoms with Crippen molar-refractivity contribution < 1.29 is 22.8 Å². The van der Waals surface area contributed by atoms with Crippen molar-refractivity contribution in [3.05, 3.63) is 56.9 Å². The van der Waals surface area contributed by atoms with Crippen molar-refractivity contribution in [1.29, 1.82) is 0 Å². The zero-order chi connectivity index (χ0) is 19.4. The van der Waals surface area contributed by atoms with Gasteiger partial charge in [0.2, 0.25) is 0 Å². The van der Waals surface area contributed by atoms with Crippen molar-refractivity contribution in [2.75, 3.05) is 5.73 Å². The summed E-state index contributed by atoms with van der Waals surface area (Å²) < 4.78 is 41.3. The van der Waals surface area contributed by atoms with Gasteiger partial charge >= 0.3 is 6.18 Å². The Labute approximate surface area is 145 Å². The number of alkyl halides is 3. The van der Waals surface area contributed by atoms with Crippen LogP contribution in [-0.4, -0.2) is 16.4 Å². The van der Waals surface area contributed by atoms with Gasteiger partial charge in [0.1, 0.15) is 5.82 Å². The summed E-state index contributed by atoms with van der Waals surface area (Å²) in [7, 11) is 0. The third-order valence-electron chi connectivity index (χ3n) is 4.19. The van der Waals surface area contributed by atoms with Crippen LogP contribution in [0.1, 0.15) is 51.6 Å². The lowest BCUT2D eigenvalue weighted by Gasteiger charge is -2.19. The number of fused-ring (bicyclic) bond motifs is 1. The molecule has 6 nitrogen and oxygen atoms in total. The predicted molar refractivity (Wildman–Crippen MR) is 87.3 cm³/mol. The van der Waals surface area contributed by atoms with E-state index >= 15 is 0 Å². The van der Waals surface area contributed by atoms with E-state index < -0.39 is 40.6 Å². The summed E-state index contributed by atoms with van der Waals surface area (Å²) in [5, 5.41) is 1.97. The summed E-state index contributed by atoms with van der Waals surface area (Å²) in [4.78, 5) is 35.9. The van der Waals surface area contributed by atoms with Crippen molar-refractivity contribution in [3.8, 4) is 5.69 Å². The normalized spacial score (nSPS) is 13.9. The average molecular weight is 365 g/mol. The topological polar surface area (TPSA) is 94.2 Å². The molecule has 1 aliphatic heterocycles. The number of amides is 2. The first-order valence-electron chi connectivity index (χ1n) is 7.65. The molecule has 2 amide bonds. The van der Waals surface area contributed by atoms with Crippen LogP contribution in [0.2, 0.25) is 0 Å². The van der Waals surface area contributed by atoms with Gasteiger partial charge in [-0.1, -0.05) is 19.9 Å². The van der Waals surface area contributed by atoms with E-state index in [1.807, 2.05) is 5.32 Å². The molecule has 136 valence electrons. The first-order chi connectivity index (χ1) is 12.0. The Hall–Kier alpha value is -3.10. The molecular formula is C17H14F3N3O3. The highest BCUT2D eigenvalue weighted by atomic mass is 19.4. The number of nitrogen functional groups attached to an aromatic ring is 1. The molecule has 0 fully saturated rings. The van der Waals surface area contributed by atoms with Gasteiger partial charge < -0.3 is 5.73 Å². The van der Waals surface area contributed by atoms with Crippen LogP contribution >= 0.6 is 0 Å². The number of carbonyl (C=O) groups is 2. The number of hydrogen-bond acceptors (Lipinski definition) is 4. The van der Waals surface area contributed by atoms with Gasteiger partial charge in [-0.05, 0) is 23.6 Å². The van der Waals surface area contributed by atoms with Crippen LogP contribution in [0.15, 0.2) is 29.1 Å². The minimum absolute atomic E-state index is 0.164. The maximum absolute atomic E-state index is 13.6. The number of halogens is 3. The molecule has 2 aromatic rings. The lowest BCUT2D eigenvalue weighted by atomic mass is 9.99. The van der Waals surface area contributed by atoms with Crippen LogP contribution in [0.3, 0.4) is 0 Å². The number of anilines is 1. The second-order valence-electron chi connectivity index (χ2n) is 6.20. The van der Waals surface area contributed by atoms with E-state index in [1.165, 1.54) is 6.07 Å². The summed E-state index contributed by atoms with van der Waals surface area (Å²) in [6, 6.07) is 4.35. The first kappa shape index (κ1) is 17.7. The van der Waals surface area contributed by atoms with Gasteiger partial charge in [0, 0.05) is 6.07 Å². The minimum atomic E-state index is -4.75. The standard InChI is InChI=1S/C17H14F3N3O3/c1-7(2)8-3-4-11(10(5-8)17(18,19)20)23-12(24)6-9-13(14(23)21)16(26)22-15(9)25/h3-7H,21H2,1-2H3,(H,22,25,26). The van der Waals surface area contributed by atoms with E-state index in [0.717, 1.165) is 18.2 Å². The molecule has 0 saturated carbocycles. The average Bonchev–Trinajstić information content (AvgIpc) is 2.80. The highest BCUT2D eigenvalue weighted by Gasteiger charge is 2.37. The molecule has 1 aromatic carbocycles. The van der Waals surface area contributed by atoms with E-state index in [0.29, 0.717) is 10.1 Å². The number of nitrogens with two attached hydrogens (primary N) is 1. The molecule has 0 aliphatic carbocycles. The molecule has 0 unspecified atom stereocenters. The molecule has 0 radical (unpaired) electrons. The van der Waals surface area contributed by atoms with Crippen molar-refractivity contribution in [2.24, 2.45) is 0 Å². The number of benzene rings is 1. The number of imide groups is 1. The minimum Gasteiger partial charge on any atom is -0.384 e. The number of rotatable bonds is 2. The van der Waals surface area contributed by atoms with E-state index in [9.17, 15) is 27.6 Å². The van der Waals surface area contributed by atoms with Gasteiger partial charge in [-0.2, -0.15) is 13.2 Å². The lowest BCUT2D eigenvalue weighted by molar-refractivity contribution is -0.137. The summed E-state index contributed by atoms with van der Waals surface area (Å²) >= 11 is 0. The first-order valence-corrected chi connectivity index (χ1v) is 7.65. The van der Waals surface area contributed by atoms with Crippen molar-refractivity contribution in [1.82, 2.24) is 9.88 Å². The maximum atomic E-state index is 13.6. The number of nitrogens with zero attached hydrogens (tertiary/aromatic N) is 1. The lowest BCUT2D eigenvalue weighted by Crippen LogP contribution is -2.26. The summed E-state index contributed by atoms with van der Waals surface area (Å²) in [6.45, 7) is 3.47. The summed E-state index contributed by atoms with van der Waals surface area (Å²) in [5.41, 5.74) is 3.20. The Bertz CT molecular complexity index is 1010. The second kappa shape index (κ2) is 5.72. The molecule has 26 heavy (non-hydrogen) atoms. The van der Waals surface area contributed by atoms with Gasteiger partial charge in [-0.3, -0.25) is 24.3 Å². The zero-order valence-corrected chi connectivity index (χ0v) is 13.8. The Morgan fingerprint density at radius 3 is 2.31 bits per heavy atom. The summed E-state index contributed by atoms with van der Waals surface area (Å²) in [5.74, 6) is -2.35. The molecule has 0 spiro atoms. The molecule has 0 atom stereocenters. The van der Waals surface area contributed by atoms with Crippen LogP contribution in [-0.2, 0) is 6.18 Å². The van der Waals surface area contributed by atoms with Crippen LogP contribution in [0.25, 0.3) is 5.69 Å². The molecule has 1 aliphatic rings. The van der Waals surface area contributed by atoms with E-state index in [1.54, 1.807) is 13.8 Å². The molecule has 1 aromatic heterocycles. The molecular weight excluding hydrogens is 351 g/mol. The molecule has 3 N–H and O–H groups in total. The van der Waals surface area contributed by atoms with Gasteiger partial charge in [0.25, 0.3) is 17.4 Å². The Balaban J connectivity index is 2.36. The van der Waals surface area contributed by atoms with Crippen LogP contribution < -0.4 is 16.6 Å². The fourth-order valence-corrected chi connectivity index (χ4v) is 2.86. The number of aromatic nitrogens is 1. The van der Waals surface area contributed by atoms with Crippen LogP contribution in [0.4, 0.5) is 19.0 Å². The molecule has 0 bridgehead atoms. The molecule has 9 heteroatoms. The third-order valence-corrected chi connectivity index (χ3v) is 4.19. The Morgan fingerprint density at radius 2 is 1.73 bits per heavy atom. The number of carbonyl (C=O) groups excluding carboxylic acids is 2. The SMILES string of the molecule is CC(C)c1ccc(-n2c(N)c3c(cc2=O)C(=O)NC3=O)c(C(F)(F)F)c1. The highest BCUT2D eigenvalue weighted by molar-refractivity contribution is 6.23.